The van der Waals surface area contributed by atoms with Crippen LogP contribution in [0.4, 0.5) is 10.5 Å². The highest BCUT2D eigenvalue weighted by atomic mass is 35.5. The van der Waals surface area contributed by atoms with E-state index in [9.17, 15) is 4.79 Å². The van der Waals surface area contributed by atoms with Crippen LogP contribution in [0, 0.1) is 5.41 Å². The summed E-state index contributed by atoms with van der Waals surface area (Å²) in [4.78, 5) is 18.7. The number of allylic oxidation sites excluding steroid dienone is 4. The zero-order chi connectivity index (χ0) is 20.7. The number of amides is 2. The lowest BCUT2D eigenvalue weighted by atomic mass is 9.84. The van der Waals surface area contributed by atoms with E-state index in [0.717, 1.165) is 25.1 Å². The highest BCUT2D eigenvalue weighted by Crippen LogP contribution is 2.37. The highest BCUT2D eigenvalue weighted by molar-refractivity contribution is 6.38. The molecule has 0 radical (unpaired) electrons. The number of rotatable bonds is 5. The predicted molar refractivity (Wildman–Crippen MR) is 118 cm³/mol. The predicted octanol–water partition coefficient (Wildman–Crippen LogP) is 5.33. The summed E-state index contributed by atoms with van der Waals surface area (Å²) in [5.74, 6) is 0. The Morgan fingerprint density at radius 3 is 2.64 bits per heavy atom. The van der Waals surface area contributed by atoms with Crippen molar-refractivity contribution in [1.29, 1.82) is 0 Å². The minimum Gasteiger partial charge on any atom is -0.367 e. The average molecular weight is 423 g/mol. The molecule has 1 aromatic heterocycles. The molecule has 1 unspecified atom stereocenters. The standard InChI is InChI=1S/C21H28Cl2N4O/c1-5-7-15(8-6-2)25-20(28)26-16-11-21(3,4)9-10-27(14-16)19-17(22)12-24-13-18(19)23/h5-8,12-13,16H,1,9-11,14H2,2-4H3,(H2,25,26,28)/b8-6-,15-7+. The van der Waals surface area contributed by atoms with Crippen LogP contribution < -0.4 is 15.5 Å². The Labute approximate surface area is 177 Å². The van der Waals surface area contributed by atoms with Crippen LogP contribution in [-0.2, 0) is 0 Å². The van der Waals surface area contributed by atoms with Gasteiger partial charge in [0.25, 0.3) is 0 Å². The van der Waals surface area contributed by atoms with Gasteiger partial charge in [-0.1, -0.05) is 55.8 Å². The first-order chi connectivity index (χ1) is 13.3. The third-order valence-electron chi connectivity index (χ3n) is 4.68. The van der Waals surface area contributed by atoms with E-state index in [0.29, 0.717) is 22.3 Å². The molecule has 1 fully saturated rings. The number of carbonyl (C=O) groups excluding carboxylic acids is 1. The van der Waals surface area contributed by atoms with Crippen molar-refractivity contribution in [3.8, 4) is 0 Å². The summed E-state index contributed by atoms with van der Waals surface area (Å²) in [6, 6.07) is -0.311. The summed E-state index contributed by atoms with van der Waals surface area (Å²) in [6.07, 6.45) is 12.1. The first kappa shape index (κ1) is 22.3. The molecule has 7 heteroatoms. The van der Waals surface area contributed by atoms with Crippen molar-refractivity contribution in [2.75, 3.05) is 18.0 Å². The van der Waals surface area contributed by atoms with Crippen LogP contribution in [0.1, 0.15) is 33.6 Å². The molecule has 0 saturated carbocycles. The number of nitrogens with one attached hydrogen (secondary N) is 2. The molecule has 2 heterocycles. The lowest BCUT2D eigenvalue weighted by Gasteiger charge is -2.28. The summed E-state index contributed by atoms with van der Waals surface area (Å²) in [5, 5.41) is 6.99. The number of hydrogen-bond acceptors (Lipinski definition) is 3. The fourth-order valence-electron chi connectivity index (χ4n) is 3.43. The molecular formula is C21H28Cl2N4O. The summed E-state index contributed by atoms with van der Waals surface area (Å²) in [6.45, 7) is 11.4. The lowest BCUT2D eigenvalue weighted by molar-refractivity contribution is 0.232. The van der Waals surface area contributed by atoms with Gasteiger partial charge in [0.2, 0.25) is 0 Å². The van der Waals surface area contributed by atoms with Crippen LogP contribution in [0.3, 0.4) is 0 Å². The Bertz CT molecular complexity index is 753. The molecular weight excluding hydrogens is 395 g/mol. The van der Waals surface area contributed by atoms with E-state index in [2.05, 4.69) is 40.9 Å². The van der Waals surface area contributed by atoms with Crippen LogP contribution in [0.5, 0.6) is 0 Å². The molecule has 0 aliphatic carbocycles. The summed E-state index contributed by atoms with van der Waals surface area (Å²) in [7, 11) is 0. The zero-order valence-corrected chi connectivity index (χ0v) is 18.1. The van der Waals surface area contributed by atoms with Gasteiger partial charge in [-0.2, -0.15) is 0 Å². The molecule has 152 valence electrons. The van der Waals surface area contributed by atoms with Gasteiger partial charge in [0.05, 0.1) is 15.7 Å². The maximum Gasteiger partial charge on any atom is 0.319 e. The van der Waals surface area contributed by atoms with Crippen molar-refractivity contribution < 1.29 is 4.79 Å². The van der Waals surface area contributed by atoms with Crippen molar-refractivity contribution in [2.45, 2.75) is 39.7 Å². The first-order valence-corrected chi connectivity index (χ1v) is 10.1. The minimum atomic E-state index is -0.249. The monoisotopic (exact) mass is 422 g/mol. The Kier molecular flexibility index (Phi) is 7.96. The van der Waals surface area contributed by atoms with E-state index < -0.39 is 0 Å². The summed E-state index contributed by atoms with van der Waals surface area (Å²) < 4.78 is 0. The molecule has 0 aromatic carbocycles. The average Bonchev–Trinajstić information content (AvgIpc) is 2.73. The lowest BCUT2D eigenvalue weighted by Crippen LogP contribution is -2.47. The van der Waals surface area contributed by atoms with Gasteiger partial charge in [-0.25, -0.2) is 4.79 Å². The van der Waals surface area contributed by atoms with Gasteiger partial charge in [-0.3, -0.25) is 4.98 Å². The van der Waals surface area contributed by atoms with Crippen molar-refractivity contribution in [2.24, 2.45) is 5.41 Å². The number of aromatic nitrogens is 1. The summed E-state index contributed by atoms with van der Waals surface area (Å²) >= 11 is 12.7. The normalized spacial score (nSPS) is 20.0. The largest absolute Gasteiger partial charge is 0.367 e. The quantitative estimate of drug-likeness (QED) is 0.630. The van der Waals surface area contributed by atoms with Crippen LogP contribution in [0.25, 0.3) is 0 Å². The molecule has 1 saturated heterocycles. The highest BCUT2D eigenvalue weighted by Gasteiger charge is 2.31. The van der Waals surface area contributed by atoms with E-state index in [4.69, 9.17) is 23.2 Å². The fourth-order valence-corrected chi connectivity index (χ4v) is 4.04. The van der Waals surface area contributed by atoms with E-state index in [1.54, 1.807) is 24.5 Å². The molecule has 2 rings (SSSR count). The molecule has 2 N–H and O–H groups in total. The first-order valence-electron chi connectivity index (χ1n) is 9.32. The number of anilines is 1. The molecule has 1 atom stereocenters. The van der Waals surface area contributed by atoms with Gasteiger partial charge in [-0.15, -0.1) is 0 Å². The Morgan fingerprint density at radius 2 is 2.04 bits per heavy atom. The van der Waals surface area contributed by atoms with Gasteiger partial charge >= 0.3 is 6.03 Å². The maximum absolute atomic E-state index is 12.6. The van der Waals surface area contributed by atoms with Gasteiger partial charge in [0, 0.05) is 37.2 Å². The number of halogens is 2. The molecule has 0 spiro atoms. The maximum atomic E-state index is 12.6. The Morgan fingerprint density at radius 1 is 1.36 bits per heavy atom. The van der Waals surface area contributed by atoms with Crippen molar-refractivity contribution in [3.05, 3.63) is 59.0 Å². The number of pyridine rings is 1. The zero-order valence-electron chi connectivity index (χ0n) is 16.6. The smallest absolute Gasteiger partial charge is 0.319 e. The van der Waals surface area contributed by atoms with Crippen LogP contribution >= 0.6 is 23.2 Å². The van der Waals surface area contributed by atoms with Crippen LogP contribution in [-0.4, -0.2) is 30.1 Å². The van der Waals surface area contributed by atoms with Crippen molar-refractivity contribution in [1.82, 2.24) is 15.6 Å². The number of nitrogens with zero attached hydrogens (tertiary/aromatic N) is 2. The second-order valence-corrected chi connectivity index (χ2v) is 8.48. The fraction of sp³-hybridized carbons (Fsp3) is 0.429. The summed E-state index contributed by atoms with van der Waals surface area (Å²) in [5.41, 5.74) is 1.52. The van der Waals surface area contributed by atoms with Gasteiger partial charge in [-0.05, 0) is 37.3 Å². The van der Waals surface area contributed by atoms with E-state index in [-0.39, 0.29) is 17.5 Å². The third-order valence-corrected chi connectivity index (χ3v) is 5.23. The van der Waals surface area contributed by atoms with Crippen molar-refractivity contribution in [3.63, 3.8) is 0 Å². The van der Waals surface area contributed by atoms with Crippen LogP contribution in [0.15, 0.2) is 49.0 Å². The molecule has 0 bridgehead atoms. The van der Waals surface area contributed by atoms with Gasteiger partial charge < -0.3 is 15.5 Å². The second kappa shape index (κ2) is 9.99. The van der Waals surface area contributed by atoms with Crippen LogP contribution in [0.2, 0.25) is 10.0 Å². The Balaban J connectivity index is 2.18. The van der Waals surface area contributed by atoms with Gasteiger partial charge in [0.1, 0.15) is 0 Å². The molecule has 5 nitrogen and oxygen atoms in total. The molecule has 2 amide bonds. The van der Waals surface area contributed by atoms with E-state index in [1.165, 1.54) is 0 Å². The second-order valence-electron chi connectivity index (χ2n) is 7.67. The molecule has 28 heavy (non-hydrogen) atoms. The number of urea groups is 1. The SMILES string of the molecule is C=C/C=C(\C=C/C)NC(=O)NC1CN(c2c(Cl)cncc2Cl)CCC(C)(C)C1. The topological polar surface area (TPSA) is 57.3 Å². The van der Waals surface area contributed by atoms with E-state index >= 15 is 0 Å². The molecule has 1 aliphatic heterocycles. The molecule has 1 aromatic rings. The molecule has 1 aliphatic rings. The van der Waals surface area contributed by atoms with Gasteiger partial charge in [0.15, 0.2) is 0 Å². The minimum absolute atomic E-state index is 0.0617. The Hall–Kier alpha value is -1.98. The van der Waals surface area contributed by atoms with E-state index in [1.807, 2.05) is 19.1 Å². The number of hydrogen-bond donors (Lipinski definition) is 2. The van der Waals surface area contributed by atoms with Crippen molar-refractivity contribution >= 4 is 34.9 Å². The number of carbonyl (C=O) groups is 1. The third kappa shape index (κ3) is 6.28.